The maximum Gasteiger partial charge on any atom is 0.321 e. The quantitative estimate of drug-likeness (QED) is 0.898. The first-order chi connectivity index (χ1) is 9.98. The summed E-state index contributed by atoms with van der Waals surface area (Å²) in [5, 5.41) is 12.3. The third kappa shape index (κ3) is 3.17. The molecule has 0 saturated carbocycles. The van der Waals surface area contributed by atoms with Crippen molar-refractivity contribution in [2.75, 3.05) is 18.4 Å². The number of piperidine rings is 1. The van der Waals surface area contributed by atoms with Crippen molar-refractivity contribution in [1.29, 1.82) is 0 Å². The zero-order chi connectivity index (χ0) is 15.5. The first-order valence-corrected chi connectivity index (χ1v) is 7.33. The van der Waals surface area contributed by atoms with Gasteiger partial charge in [-0.1, -0.05) is 25.1 Å². The summed E-state index contributed by atoms with van der Waals surface area (Å²) in [6.07, 6.45) is 1.89. The van der Waals surface area contributed by atoms with Gasteiger partial charge in [-0.15, -0.1) is 0 Å². The minimum absolute atomic E-state index is 0.219. The molecule has 0 spiro atoms. The van der Waals surface area contributed by atoms with E-state index in [1.54, 1.807) is 4.90 Å². The van der Waals surface area contributed by atoms with Gasteiger partial charge in [0.25, 0.3) is 0 Å². The van der Waals surface area contributed by atoms with E-state index in [0.717, 1.165) is 17.7 Å². The van der Waals surface area contributed by atoms with Gasteiger partial charge in [0.05, 0.1) is 5.41 Å². The smallest absolute Gasteiger partial charge is 0.321 e. The topological polar surface area (TPSA) is 69.6 Å². The molecule has 5 nitrogen and oxygen atoms in total. The van der Waals surface area contributed by atoms with Crippen LogP contribution in [0.15, 0.2) is 24.3 Å². The van der Waals surface area contributed by atoms with Crippen molar-refractivity contribution in [3.05, 3.63) is 29.8 Å². The van der Waals surface area contributed by atoms with Gasteiger partial charge >= 0.3 is 12.0 Å². The van der Waals surface area contributed by atoms with Crippen molar-refractivity contribution in [2.45, 2.75) is 33.1 Å². The summed E-state index contributed by atoms with van der Waals surface area (Å²) in [5.74, 6) is -0.807. The summed E-state index contributed by atoms with van der Waals surface area (Å²) in [6.45, 7) is 4.68. The standard InChI is InChI=1S/C16H22N2O3/c1-3-16(14(19)20)9-6-10-18(11-16)15(21)17-13-8-5-4-7-12(13)2/h4-5,7-8H,3,6,9-11H2,1-2H3,(H,17,21)(H,19,20). The molecule has 1 aliphatic rings. The van der Waals surface area contributed by atoms with Crippen LogP contribution in [0.1, 0.15) is 31.7 Å². The highest BCUT2D eigenvalue weighted by Crippen LogP contribution is 2.34. The van der Waals surface area contributed by atoms with Crippen LogP contribution in [0.4, 0.5) is 10.5 Å². The molecule has 114 valence electrons. The minimum Gasteiger partial charge on any atom is -0.481 e. The van der Waals surface area contributed by atoms with Crippen LogP contribution >= 0.6 is 0 Å². The van der Waals surface area contributed by atoms with Crippen molar-refractivity contribution in [2.24, 2.45) is 5.41 Å². The number of anilines is 1. The minimum atomic E-state index is -0.807. The number of hydrogen-bond acceptors (Lipinski definition) is 2. The number of aliphatic carboxylic acids is 1. The van der Waals surface area contributed by atoms with E-state index in [2.05, 4.69) is 5.32 Å². The Morgan fingerprint density at radius 1 is 1.38 bits per heavy atom. The largest absolute Gasteiger partial charge is 0.481 e. The zero-order valence-corrected chi connectivity index (χ0v) is 12.6. The highest BCUT2D eigenvalue weighted by molar-refractivity contribution is 5.90. The second kappa shape index (κ2) is 6.16. The monoisotopic (exact) mass is 290 g/mol. The predicted molar refractivity (Wildman–Crippen MR) is 81.4 cm³/mol. The number of hydrogen-bond donors (Lipinski definition) is 2. The van der Waals surface area contributed by atoms with Crippen LogP contribution in [0.25, 0.3) is 0 Å². The summed E-state index contributed by atoms with van der Waals surface area (Å²) in [6, 6.07) is 7.34. The molecule has 0 aromatic heterocycles. The lowest BCUT2D eigenvalue weighted by Gasteiger charge is -2.39. The van der Waals surface area contributed by atoms with Gasteiger partial charge in [-0.2, -0.15) is 0 Å². The molecular formula is C16H22N2O3. The highest BCUT2D eigenvalue weighted by atomic mass is 16.4. The fraction of sp³-hybridized carbons (Fsp3) is 0.500. The van der Waals surface area contributed by atoms with Gasteiger partial charge in [-0.05, 0) is 37.8 Å². The van der Waals surface area contributed by atoms with Crippen LogP contribution in [0, 0.1) is 12.3 Å². The Kier molecular flexibility index (Phi) is 4.50. The van der Waals surface area contributed by atoms with E-state index < -0.39 is 11.4 Å². The lowest BCUT2D eigenvalue weighted by Crippen LogP contribution is -2.50. The van der Waals surface area contributed by atoms with Crippen molar-refractivity contribution < 1.29 is 14.7 Å². The van der Waals surface area contributed by atoms with Crippen LogP contribution < -0.4 is 5.32 Å². The summed E-state index contributed by atoms with van der Waals surface area (Å²) in [4.78, 5) is 25.5. The Morgan fingerprint density at radius 2 is 2.10 bits per heavy atom. The normalized spacial score (nSPS) is 21.9. The molecule has 1 heterocycles. The van der Waals surface area contributed by atoms with Crippen molar-refractivity contribution in [3.8, 4) is 0 Å². The van der Waals surface area contributed by atoms with Crippen molar-refractivity contribution in [1.82, 2.24) is 4.90 Å². The highest BCUT2D eigenvalue weighted by Gasteiger charge is 2.42. The number of rotatable bonds is 3. The van der Waals surface area contributed by atoms with E-state index >= 15 is 0 Å². The SMILES string of the molecule is CCC1(C(=O)O)CCCN(C(=O)Nc2ccccc2C)C1. The molecule has 0 bridgehead atoms. The molecule has 1 fully saturated rings. The van der Waals surface area contributed by atoms with Gasteiger partial charge in [-0.25, -0.2) is 4.79 Å². The van der Waals surface area contributed by atoms with E-state index in [1.807, 2.05) is 38.1 Å². The molecule has 1 aromatic carbocycles. The Hall–Kier alpha value is -2.04. The lowest BCUT2D eigenvalue weighted by molar-refractivity contribution is -0.152. The van der Waals surface area contributed by atoms with Crippen molar-refractivity contribution in [3.63, 3.8) is 0 Å². The number of amides is 2. The number of carboxylic acid groups (broad SMARTS) is 1. The van der Waals surface area contributed by atoms with Crippen LogP contribution in [0.3, 0.4) is 0 Å². The number of likely N-dealkylation sites (tertiary alicyclic amines) is 1. The van der Waals surface area contributed by atoms with E-state index in [9.17, 15) is 14.7 Å². The van der Waals surface area contributed by atoms with Gasteiger partial charge < -0.3 is 15.3 Å². The number of carboxylic acids is 1. The second-order valence-corrected chi connectivity index (χ2v) is 5.71. The lowest BCUT2D eigenvalue weighted by atomic mass is 9.78. The average molecular weight is 290 g/mol. The van der Waals surface area contributed by atoms with Crippen LogP contribution in [0.2, 0.25) is 0 Å². The third-order valence-electron chi connectivity index (χ3n) is 4.38. The Bertz CT molecular complexity index is 544. The Labute approximate surface area is 125 Å². The van der Waals surface area contributed by atoms with Crippen molar-refractivity contribution >= 4 is 17.7 Å². The molecule has 1 aromatic rings. The van der Waals surface area contributed by atoms with E-state index in [0.29, 0.717) is 19.4 Å². The summed E-state index contributed by atoms with van der Waals surface area (Å²) in [5.41, 5.74) is 0.953. The van der Waals surface area contributed by atoms with Gasteiger partial charge in [-0.3, -0.25) is 4.79 Å². The number of carbonyl (C=O) groups excluding carboxylic acids is 1. The molecule has 0 aliphatic carbocycles. The maximum atomic E-state index is 12.4. The van der Waals surface area contributed by atoms with Gasteiger partial charge in [0.1, 0.15) is 0 Å². The van der Waals surface area contributed by atoms with Gasteiger partial charge in [0.15, 0.2) is 0 Å². The van der Waals surface area contributed by atoms with Crippen LogP contribution in [-0.2, 0) is 4.79 Å². The zero-order valence-electron chi connectivity index (χ0n) is 12.6. The Balaban J connectivity index is 2.09. The molecule has 5 heteroatoms. The number of carbonyl (C=O) groups is 2. The van der Waals surface area contributed by atoms with Crippen LogP contribution in [0.5, 0.6) is 0 Å². The number of aryl methyl sites for hydroxylation is 1. The summed E-state index contributed by atoms with van der Waals surface area (Å²) in [7, 11) is 0. The fourth-order valence-corrected chi connectivity index (χ4v) is 2.83. The molecule has 1 atom stereocenters. The fourth-order valence-electron chi connectivity index (χ4n) is 2.83. The molecular weight excluding hydrogens is 268 g/mol. The molecule has 1 unspecified atom stereocenters. The average Bonchev–Trinajstić information content (AvgIpc) is 2.49. The van der Waals surface area contributed by atoms with E-state index in [1.165, 1.54) is 0 Å². The molecule has 1 saturated heterocycles. The molecule has 2 N–H and O–H groups in total. The first-order valence-electron chi connectivity index (χ1n) is 7.33. The number of benzene rings is 1. The maximum absolute atomic E-state index is 12.4. The van der Waals surface area contributed by atoms with Crippen LogP contribution in [-0.4, -0.2) is 35.1 Å². The number of urea groups is 1. The number of nitrogens with one attached hydrogen (secondary N) is 1. The molecule has 1 aliphatic heterocycles. The number of nitrogens with zero attached hydrogens (tertiary/aromatic N) is 1. The molecule has 0 radical (unpaired) electrons. The third-order valence-corrected chi connectivity index (χ3v) is 4.38. The van der Waals surface area contributed by atoms with E-state index in [4.69, 9.17) is 0 Å². The molecule has 2 amide bonds. The summed E-state index contributed by atoms with van der Waals surface area (Å²) >= 11 is 0. The van der Waals surface area contributed by atoms with E-state index in [-0.39, 0.29) is 12.6 Å². The van der Waals surface area contributed by atoms with Gasteiger partial charge in [0, 0.05) is 18.8 Å². The predicted octanol–water partition coefficient (Wildman–Crippen LogP) is 3.10. The molecule has 21 heavy (non-hydrogen) atoms. The second-order valence-electron chi connectivity index (χ2n) is 5.71. The summed E-state index contributed by atoms with van der Waals surface area (Å²) < 4.78 is 0. The first kappa shape index (κ1) is 15.4. The molecule has 2 rings (SSSR count). The van der Waals surface area contributed by atoms with Gasteiger partial charge in [0.2, 0.25) is 0 Å². The Morgan fingerprint density at radius 3 is 2.71 bits per heavy atom. The number of para-hydroxylation sites is 1.